The monoisotopic (exact) mass is 342 g/mol. The van der Waals surface area contributed by atoms with Gasteiger partial charge < -0.3 is 0 Å². The zero-order valence-corrected chi connectivity index (χ0v) is 12.6. The number of carbonyl (C=O) groups is 1. The van der Waals surface area contributed by atoms with Gasteiger partial charge in [0.25, 0.3) is 0 Å². The van der Waals surface area contributed by atoms with Gasteiger partial charge in [0, 0.05) is 34.6 Å². The third-order valence-electron chi connectivity index (χ3n) is 2.66. The number of halogens is 3. The highest BCUT2D eigenvalue weighted by Gasteiger charge is 2.34. The van der Waals surface area contributed by atoms with Crippen LogP contribution in [0.15, 0.2) is 12.1 Å². The quantitative estimate of drug-likeness (QED) is 0.624. The van der Waals surface area contributed by atoms with Crippen LogP contribution in [0.25, 0.3) is 0 Å². The predicted octanol–water partition coefficient (Wildman–Crippen LogP) is 2.31. The minimum atomic E-state index is -3.63. The summed E-state index contributed by atoms with van der Waals surface area (Å²) in [6, 6.07) is 2.96. The zero-order chi connectivity index (χ0) is 14.2. The maximum absolute atomic E-state index is 11.9. The van der Waals surface area contributed by atoms with Crippen LogP contribution in [-0.4, -0.2) is 31.6 Å². The third kappa shape index (κ3) is 3.95. The van der Waals surface area contributed by atoms with Crippen molar-refractivity contribution in [2.75, 3.05) is 17.2 Å². The molecule has 1 saturated heterocycles. The summed E-state index contributed by atoms with van der Waals surface area (Å²) in [5.74, 6) is -0.506. The van der Waals surface area contributed by atoms with E-state index in [1.807, 2.05) is 0 Å². The van der Waals surface area contributed by atoms with E-state index in [1.165, 1.54) is 17.0 Å². The molecule has 1 fully saturated rings. The van der Waals surface area contributed by atoms with Gasteiger partial charge in [-0.2, -0.15) is 0 Å². The standard InChI is InChI=1S/C10H9Cl3N2O3S/c11-7-2-8(12)14-9(3-7)15-4-6(1-10(15)16)5-19(13,17)18/h2-3,6H,1,4-5H2. The number of rotatable bonds is 3. The first kappa shape index (κ1) is 14.8. The number of pyridine rings is 1. The van der Waals surface area contributed by atoms with E-state index in [-0.39, 0.29) is 35.7 Å². The van der Waals surface area contributed by atoms with E-state index in [0.717, 1.165) is 0 Å². The maximum Gasteiger partial charge on any atom is 0.232 e. The van der Waals surface area contributed by atoms with Crippen LogP contribution >= 0.6 is 33.9 Å². The number of nitrogens with zero attached hydrogens (tertiary/aromatic N) is 2. The summed E-state index contributed by atoms with van der Waals surface area (Å²) in [5, 5.41) is 0.528. The van der Waals surface area contributed by atoms with Gasteiger partial charge in [-0.25, -0.2) is 13.4 Å². The molecule has 5 nitrogen and oxygen atoms in total. The molecule has 2 rings (SSSR count). The van der Waals surface area contributed by atoms with E-state index in [1.54, 1.807) is 0 Å². The Labute approximate surface area is 124 Å². The largest absolute Gasteiger partial charge is 0.296 e. The van der Waals surface area contributed by atoms with Gasteiger partial charge in [-0.15, -0.1) is 0 Å². The average molecular weight is 344 g/mol. The molecule has 0 saturated carbocycles. The van der Waals surface area contributed by atoms with Crippen LogP contribution in [0.4, 0.5) is 5.82 Å². The van der Waals surface area contributed by atoms with Crippen molar-refractivity contribution < 1.29 is 13.2 Å². The molecule has 9 heteroatoms. The number of carbonyl (C=O) groups excluding carboxylic acids is 1. The lowest BCUT2D eigenvalue weighted by molar-refractivity contribution is -0.117. The summed E-state index contributed by atoms with van der Waals surface area (Å²) in [6.07, 6.45) is 0.109. The Hall–Kier alpha value is -0.560. The highest BCUT2D eigenvalue weighted by atomic mass is 35.7. The zero-order valence-electron chi connectivity index (χ0n) is 9.51. The number of aromatic nitrogens is 1. The lowest BCUT2D eigenvalue weighted by Gasteiger charge is -2.15. The van der Waals surface area contributed by atoms with Gasteiger partial charge in [-0.05, 0) is 12.1 Å². The number of hydrogen-bond acceptors (Lipinski definition) is 4. The second-order valence-corrected chi connectivity index (χ2v) is 7.89. The summed E-state index contributed by atoms with van der Waals surface area (Å²) >= 11 is 11.6. The van der Waals surface area contributed by atoms with Crippen molar-refractivity contribution in [3.63, 3.8) is 0 Å². The Balaban J connectivity index is 2.20. The van der Waals surface area contributed by atoms with Crippen LogP contribution in [0, 0.1) is 5.92 Å². The summed E-state index contributed by atoms with van der Waals surface area (Å²) in [7, 11) is 1.56. The molecular formula is C10H9Cl3N2O3S. The third-order valence-corrected chi connectivity index (χ3v) is 4.32. The van der Waals surface area contributed by atoms with Crippen molar-refractivity contribution in [3.05, 3.63) is 22.3 Å². The molecule has 1 amide bonds. The average Bonchev–Trinajstić information content (AvgIpc) is 2.54. The van der Waals surface area contributed by atoms with Gasteiger partial charge >= 0.3 is 0 Å². The lowest BCUT2D eigenvalue weighted by Crippen LogP contribution is -2.26. The molecule has 0 N–H and O–H groups in total. The predicted molar refractivity (Wildman–Crippen MR) is 74.4 cm³/mol. The molecule has 19 heavy (non-hydrogen) atoms. The lowest BCUT2D eigenvalue weighted by atomic mass is 10.1. The van der Waals surface area contributed by atoms with E-state index >= 15 is 0 Å². The summed E-state index contributed by atoms with van der Waals surface area (Å²) in [6.45, 7) is 0.231. The highest BCUT2D eigenvalue weighted by molar-refractivity contribution is 8.13. The Morgan fingerprint density at radius 3 is 2.63 bits per heavy atom. The molecule has 0 radical (unpaired) electrons. The summed E-state index contributed by atoms with van der Waals surface area (Å²) < 4.78 is 22.0. The molecule has 0 aromatic carbocycles. The normalized spacial score (nSPS) is 20.1. The van der Waals surface area contributed by atoms with Crippen LogP contribution in [-0.2, 0) is 13.8 Å². The fourth-order valence-corrected chi connectivity index (χ4v) is 3.77. The highest BCUT2D eigenvalue weighted by Crippen LogP contribution is 2.28. The van der Waals surface area contributed by atoms with E-state index in [0.29, 0.717) is 10.8 Å². The first-order chi connectivity index (χ1) is 8.74. The van der Waals surface area contributed by atoms with Gasteiger partial charge in [-0.1, -0.05) is 23.2 Å². The number of amides is 1. The second kappa shape index (κ2) is 5.44. The van der Waals surface area contributed by atoms with Gasteiger partial charge in [-0.3, -0.25) is 9.69 Å². The van der Waals surface area contributed by atoms with Crippen molar-refractivity contribution >= 4 is 54.7 Å². The van der Waals surface area contributed by atoms with Gasteiger partial charge in [0.2, 0.25) is 15.0 Å². The molecule has 0 aliphatic carbocycles. The minimum Gasteiger partial charge on any atom is -0.296 e. The first-order valence-corrected chi connectivity index (χ1v) is 8.54. The van der Waals surface area contributed by atoms with Crippen molar-refractivity contribution in [3.8, 4) is 0 Å². The van der Waals surface area contributed by atoms with E-state index in [2.05, 4.69) is 4.98 Å². The van der Waals surface area contributed by atoms with Gasteiger partial charge in [0.05, 0.1) is 5.75 Å². The van der Waals surface area contributed by atoms with E-state index in [4.69, 9.17) is 33.9 Å². The second-order valence-electron chi connectivity index (χ2n) is 4.25. The molecular weight excluding hydrogens is 335 g/mol. The molecule has 1 aromatic rings. The maximum atomic E-state index is 11.9. The fourth-order valence-electron chi connectivity index (χ4n) is 1.99. The molecule has 0 bridgehead atoms. The molecule has 0 spiro atoms. The smallest absolute Gasteiger partial charge is 0.232 e. The molecule has 2 heterocycles. The molecule has 1 aliphatic heterocycles. The molecule has 104 valence electrons. The molecule has 1 atom stereocenters. The van der Waals surface area contributed by atoms with Crippen molar-refractivity contribution in [1.29, 1.82) is 0 Å². The van der Waals surface area contributed by atoms with E-state index < -0.39 is 9.05 Å². The van der Waals surface area contributed by atoms with Crippen LogP contribution in [0.5, 0.6) is 0 Å². The van der Waals surface area contributed by atoms with Crippen molar-refractivity contribution in [2.24, 2.45) is 5.92 Å². The summed E-state index contributed by atoms with van der Waals surface area (Å²) in [5.41, 5.74) is 0. The minimum absolute atomic E-state index is 0.109. The first-order valence-electron chi connectivity index (χ1n) is 5.30. The number of anilines is 1. The van der Waals surface area contributed by atoms with Crippen molar-refractivity contribution in [1.82, 2.24) is 4.98 Å². The molecule has 1 unspecified atom stereocenters. The fraction of sp³-hybridized carbons (Fsp3) is 0.400. The Morgan fingerprint density at radius 1 is 1.37 bits per heavy atom. The molecule has 1 aromatic heterocycles. The number of hydrogen-bond donors (Lipinski definition) is 0. The Bertz CT molecular complexity index is 600. The Kier molecular flexibility index (Phi) is 4.25. The topological polar surface area (TPSA) is 67.3 Å². The van der Waals surface area contributed by atoms with E-state index in [9.17, 15) is 13.2 Å². The molecule has 1 aliphatic rings. The van der Waals surface area contributed by atoms with Crippen LogP contribution in [0.2, 0.25) is 10.2 Å². The summed E-state index contributed by atoms with van der Waals surface area (Å²) in [4.78, 5) is 17.2. The SMILES string of the molecule is O=C1CC(CS(=O)(=O)Cl)CN1c1cc(Cl)cc(Cl)n1. The van der Waals surface area contributed by atoms with Crippen molar-refractivity contribution in [2.45, 2.75) is 6.42 Å². The Morgan fingerprint density at radius 2 is 2.05 bits per heavy atom. The van der Waals surface area contributed by atoms with Crippen LogP contribution in [0.1, 0.15) is 6.42 Å². The van der Waals surface area contributed by atoms with Crippen LogP contribution in [0.3, 0.4) is 0 Å². The van der Waals surface area contributed by atoms with Gasteiger partial charge in [0.1, 0.15) is 11.0 Å². The van der Waals surface area contributed by atoms with Crippen LogP contribution < -0.4 is 4.90 Å². The van der Waals surface area contributed by atoms with Gasteiger partial charge in [0.15, 0.2) is 0 Å².